The number of amides is 1. The predicted octanol–water partition coefficient (Wildman–Crippen LogP) is -0.778. The topological polar surface area (TPSA) is 75.3 Å². The summed E-state index contributed by atoms with van der Waals surface area (Å²) in [6.45, 7) is 2.54. The van der Waals surface area contributed by atoms with E-state index in [1.165, 1.54) is 0 Å². The zero-order chi connectivity index (χ0) is 8.69. The zero-order valence-electron chi connectivity index (χ0n) is 6.84. The lowest BCUT2D eigenvalue weighted by Crippen LogP contribution is -2.32. The van der Waals surface area contributed by atoms with E-state index >= 15 is 0 Å². The summed E-state index contributed by atoms with van der Waals surface area (Å²) in [6.07, 6.45) is 0.552. The zero-order valence-corrected chi connectivity index (χ0v) is 6.84. The Bertz CT molecular complexity index is 117. The van der Waals surface area contributed by atoms with Crippen LogP contribution in [0.25, 0.3) is 0 Å². The highest BCUT2D eigenvalue weighted by atomic mass is 16.3. The van der Waals surface area contributed by atoms with Crippen LogP contribution >= 0.6 is 0 Å². The van der Waals surface area contributed by atoms with Crippen LogP contribution in [0.2, 0.25) is 0 Å². The van der Waals surface area contributed by atoms with E-state index in [0.717, 1.165) is 0 Å². The van der Waals surface area contributed by atoms with Crippen LogP contribution in [0.4, 0.5) is 0 Å². The quantitative estimate of drug-likeness (QED) is 0.494. The van der Waals surface area contributed by atoms with Crippen LogP contribution in [-0.4, -0.2) is 30.2 Å². The fourth-order valence-corrected chi connectivity index (χ4v) is 0.595. The lowest BCUT2D eigenvalue weighted by atomic mass is 10.3. The summed E-state index contributed by atoms with van der Waals surface area (Å²) >= 11 is 0. The summed E-state index contributed by atoms with van der Waals surface area (Å²) in [5, 5.41) is 11.6. The first-order valence-corrected chi connectivity index (χ1v) is 3.85. The average molecular weight is 160 g/mol. The molecule has 4 heteroatoms. The molecule has 0 fully saturated rings. The summed E-state index contributed by atoms with van der Waals surface area (Å²) in [5.41, 5.74) is 5.14. The van der Waals surface area contributed by atoms with Gasteiger partial charge in [0.2, 0.25) is 5.91 Å². The van der Waals surface area contributed by atoms with Crippen molar-refractivity contribution in [2.75, 3.05) is 13.1 Å². The van der Waals surface area contributed by atoms with Crippen LogP contribution in [0.1, 0.15) is 19.8 Å². The van der Waals surface area contributed by atoms with Gasteiger partial charge in [-0.05, 0) is 6.42 Å². The van der Waals surface area contributed by atoms with Gasteiger partial charge in [-0.15, -0.1) is 0 Å². The van der Waals surface area contributed by atoms with Gasteiger partial charge in [0.1, 0.15) is 0 Å². The molecule has 0 aliphatic rings. The second-order valence-corrected chi connectivity index (χ2v) is 2.40. The fourth-order valence-electron chi connectivity index (χ4n) is 0.595. The van der Waals surface area contributed by atoms with E-state index in [1.54, 1.807) is 0 Å². The fraction of sp³-hybridized carbons (Fsp3) is 0.857. The lowest BCUT2D eigenvalue weighted by molar-refractivity contribution is -0.121. The number of nitrogens with one attached hydrogen (secondary N) is 1. The third-order valence-corrected chi connectivity index (χ3v) is 1.38. The minimum absolute atomic E-state index is 0.0972. The number of nitrogens with two attached hydrogens (primary N) is 1. The van der Waals surface area contributed by atoms with E-state index in [1.807, 2.05) is 6.92 Å². The molecule has 0 radical (unpaired) electrons. The van der Waals surface area contributed by atoms with Gasteiger partial charge < -0.3 is 16.2 Å². The Morgan fingerprint density at radius 2 is 2.36 bits per heavy atom. The van der Waals surface area contributed by atoms with Crippen LogP contribution in [0, 0.1) is 0 Å². The first-order valence-electron chi connectivity index (χ1n) is 3.85. The molecule has 0 aromatic heterocycles. The number of carbonyl (C=O) groups is 1. The molecule has 1 amide bonds. The minimum atomic E-state index is -0.434. The Kier molecular flexibility index (Phi) is 5.78. The number of hydrogen-bond acceptors (Lipinski definition) is 3. The molecule has 1 unspecified atom stereocenters. The third kappa shape index (κ3) is 5.82. The maximum Gasteiger partial charge on any atom is 0.221 e. The van der Waals surface area contributed by atoms with E-state index in [2.05, 4.69) is 5.32 Å². The third-order valence-electron chi connectivity index (χ3n) is 1.38. The molecule has 0 aliphatic carbocycles. The highest BCUT2D eigenvalue weighted by Gasteiger charge is 2.02. The van der Waals surface area contributed by atoms with Crippen molar-refractivity contribution in [3.8, 4) is 0 Å². The molecule has 0 saturated carbocycles. The highest BCUT2D eigenvalue weighted by molar-refractivity contribution is 5.76. The molecule has 0 rings (SSSR count). The number of carbonyl (C=O) groups excluding carboxylic acids is 1. The van der Waals surface area contributed by atoms with Gasteiger partial charge in [0.15, 0.2) is 0 Å². The van der Waals surface area contributed by atoms with Gasteiger partial charge in [-0.2, -0.15) is 0 Å². The van der Waals surface area contributed by atoms with E-state index in [4.69, 9.17) is 10.8 Å². The highest BCUT2D eigenvalue weighted by Crippen LogP contribution is 1.86. The number of aliphatic hydroxyl groups is 1. The Morgan fingerprint density at radius 3 is 2.82 bits per heavy atom. The molecule has 11 heavy (non-hydrogen) atoms. The molecule has 1 atom stereocenters. The van der Waals surface area contributed by atoms with E-state index < -0.39 is 6.10 Å². The van der Waals surface area contributed by atoms with Crippen LogP contribution in [0.3, 0.4) is 0 Å². The standard InChI is InChI=1S/C7H16N2O2/c1-2-6(10)5-9-7(11)3-4-8/h6,10H,2-5,8H2,1H3,(H,9,11). The molecule has 0 heterocycles. The van der Waals surface area contributed by atoms with E-state index in [-0.39, 0.29) is 5.91 Å². The largest absolute Gasteiger partial charge is 0.391 e. The van der Waals surface area contributed by atoms with Gasteiger partial charge in [0.25, 0.3) is 0 Å². The predicted molar refractivity (Wildman–Crippen MR) is 43.0 cm³/mol. The second kappa shape index (κ2) is 6.12. The molecule has 0 aliphatic heterocycles. The number of rotatable bonds is 5. The molecule has 0 bridgehead atoms. The Labute approximate surface area is 66.8 Å². The molecule has 0 aromatic carbocycles. The molecular formula is C7H16N2O2. The van der Waals surface area contributed by atoms with Gasteiger partial charge in [-0.25, -0.2) is 0 Å². The molecule has 4 N–H and O–H groups in total. The van der Waals surface area contributed by atoms with Gasteiger partial charge in [0.05, 0.1) is 6.10 Å². The molecule has 0 saturated heterocycles. The Balaban J connectivity index is 3.30. The maximum absolute atomic E-state index is 10.8. The summed E-state index contributed by atoms with van der Waals surface area (Å²) in [7, 11) is 0. The normalized spacial score (nSPS) is 12.6. The first-order chi connectivity index (χ1) is 5.20. The number of aliphatic hydroxyl groups excluding tert-OH is 1. The van der Waals surface area contributed by atoms with Crippen molar-refractivity contribution >= 4 is 5.91 Å². The summed E-state index contributed by atoms with van der Waals surface area (Å²) in [6, 6.07) is 0. The molecule has 4 nitrogen and oxygen atoms in total. The van der Waals surface area contributed by atoms with Crippen LogP contribution in [-0.2, 0) is 4.79 Å². The van der Waals surface area contributed by atoms with Crippen LogP contribution in [0.5, 0.6) is 0 Å². The smallest absolute Gasteiger partial charge is 0.221 e. The monoisotopic (exact) mass is 160 g/mol. The average Bonchev–Trinajstić information content (AvgIpc) is 2.01. The number of hydrogen-bond donors (Lipinski definition) is 3. The van der Waals surface area contributed by atoms with Gasteiger partial charge in [-0.1, -0.05) is 6.92 Å². The van der Waals surface area contributed by atoms with Crippen molar-refractivity contribution in [3.05, 3.63) is 0 Å². The maximum atomic E-state index is 10.8. The first kappa shape index (κ1) is 10.4. The Morgan fingerprint density at radius 1 is 1.73 bits per heavy atom. The van der Waals surface area contributed by atoms with Crippen LogP contribution < -0.4 is 11.1 Å². The van der Waals surface area contributed by atoms with Crippen molar-refractivity contribution < 1.29 is 9.90 Å². The van der Waals surface area contributed by atoms with Gasteiger partial charge >= 0.3 is 0 Å². The summed E-state index contributed by atoms with van der Waals surface area (Å²) in [5.74, 6) is -0.0972. The Hall–Kier alpha value is -0.610. The van der Waals surface area contributed by atoms with Crippen molar-refractivity contribution in [1.82, 2.24) is 5.32 Å². The van der Waals surface area contributed by atoms with Crippen molar-refractivity contribution in [3.63, 3.8) is 0 Å². The lowest BCUT2D eigenvalue weighted by Gasteiger charge is -2.08. The summed E-state index contributed by atoms with van der Waals surface area (Å²) in [4.78, 5) is 10.8. The SMILES string of the molecule is CCC(O)CNC(=O)CCN. The van der Waals surface area contributed by atoms with Gasteiger partial charge in [0, 0.05) is 19.5 Å². The van der Waals surface area contributed by atoms with Gasteiger partial charge in [-0.3, -0.25) is 4.79 Å². The second-order valence-electron chi connectivity index (χ2n) is 2.40. The summed E-state index contributed by atoms with van der Waals surface area (Å²) < 4.78 is 0. The molecular weight excluding hydrogens is 144 g/mol. The van der Waals surface area contributed by atoms with E-state index in [0.29, 0.717) is 25.9 Å². The molecule has 66 valence electrons. The molecule has 0 aromatic rings. The van der Waals surface area contributed by atoms with E-state index in [9.17, 15) is 4.79 Å². The molecule has 0 spiro atoms. The van der Waals surface area contributed by atoms with Crippen molar-refractivity contribution in [2.45, 2.75) is 25.9 Å². The van der Waals surface area contributed by atoms with Crippen molar-refractivity contribution in [2.24, 2.45) is 5.73 Å². The van der Waals surface area contributed by atoms with Crippen LogP contribution in [0.15, 0.2) is 0 Å². The minimum Gasteiger partial charge on any atom is -0.391 e. The van der Waals surface area contributed by atoms with Crippen molar-refractivity contribution in [1.29, 1.82) is 0 Å².